The standard InChI is InChI=1S/C28H27NO4S2/c1-19-9-11-23(20(2)15-19)32-13-14-33-24-12-10-22(16-25(24)31-3)17-26-27(30)29(28(34)35-26)18-21-7-5-4-6-8-21/h4-12,15-17H,13-14,18H2,1-3H3. The van der Waals surface area contributed by atoms with Crippen LogP contribution in [0, 0.1) is 13.8 Å². The summed E-state index contributed by atoms with van der Waals surface area (Å²) in [4.78, 5) is 15.2. The molecule has 1 aliphatic rings. The minimum absolute atomic E-state index is 0.0910. The van der Waals surface area contributed by atoms with Crippen LogP contribution in [0.15, 0.2) is 71.6 Å². The summed E-state index contributed by atoms with van der Waals surface area (Å²) < 4.78 is 17.8. The van der Waals surface area contributed by atoms with Gasteiger partial charge in [-0.3, -0.25) is 9.69 Å². The number of ether oxygens (including phenoxy) is 3. The van der Waals surface area contributed by atoms with Crippen LogP contribution in [-0.2, 0) is 11.3 Å². The van der Waals surface area contributed by atoms with Crippen LogP contribution in [-0.4, -0.2) is 35.5 Å². The van der Waals surface area contributed by atoms with Gasteiger partial charge >= 0.3 is 0 Å². The van der Waals surface area contributed by atoms with Gasteiger partial charge in [-0.2, -0.15) is 0 Å². The van der Waals surface area contributed by atoms with Crippen LogP contribution in [0.5, 0.6) is 17.2 Å². The molecule has 4 rings (SSSR count). The summed E-state index contributed by atoms with van der Waals surface area (Å²) in [6.07, 6.45) is 1.83. The van der Waals surface area contributed by atoms with E-state index in [0.717, 1.165) is 22.4 Å². The van der Waals surface area contributed by atoms with Gasteiger partial charge in [0, 0.05) is 0 Å². The summed E-state index contributed by atoms with van der Waals surface area (Å²) in [5.41, 5.74) is 4.17. The van der Waals surface area contributed by atoms with Crippen molar-refractivity contribution in [2.24, 2.45) is 0 Å². The Hall–Kier alpha value is -3.29. The van der Waals surface area contributed by atoms with Gasteiger partial charge in [-0.05, 0) is 54.8 Å². The molecule has 180 valence electrons. The number of aryl methyl sites for hydroxylation is 2. The molecule has 1 aliphatic heterocycles. The quantitative estimate of drug-likeness (QED) is 0.197. The molecule has 0 N–H and O–H groups in total. The van der Waals surface area contributed by atoms with Gasteiger partial charge in [0.05, 0.1) is 18.6 Å². The fraction of sp³-hybridized carbons (Fsp3) is 0.214. The number of thioether (sulfide) groups is 1. The minimum Gasteiger partial charge on any atom is -0.493 e. The molecule has 0 aliphatic carbocycles. The van der Waals surface area contributed by atoms with E-state index in [1.54, 1.807) is 12.0 Å². The third-order valence-corrected chi connectivity index (χ3v) is 6.85. The van der Waals surface area contributed by atoms with E-state index in [2.05, 4.69) is 13.0 Å². The van der Waals surface area contributed by atoms with Gasteiger partial charge in [-0.1, -0.05) is 78.1 Å². The average Bonchev–Trinajstić information content (AvgIpc) is 3.11. The number of carbonyl (C=O) groups excluding carboxylic acids is 1. The third-order valence-electron chi connectivity index (χ3n) is 5.47. The first-order valence-corrected chi connectivity index (χ1v) is 12.5. The number of carbonyl (C=O) groups is 1. The lowest BCUT2D eigenvalue weighted by atomic mass is 10.1. The SMILES string of the molecule is COc1cc(C=C2SC(=S)N(Cc3ccccc3)C2=O)ccc1OCCOc1ccc(C)cc1C. The van der Waals surface area contributed by atoms with Gasteiger partial charge in [0.1, 0.15) is 23.3 Å². The second kappa shape index (κ2) is 11.4. The van der Waals surface area contributed by atoms with E-state index in [9.17, 15) is 4.79 Å². The zero-order chi connectivity index (χ0) is 24.8. The lowest BCUT2D eigenvalue weighted by Gasteiger charge is -2.14. The number of thiocarbonyl (C=S) groups is 1. The van der Waals surface area contributed by atoms with Crippen molar-refractivity contribution in [2.45, 2.75) is 20.4 Å². The van der Waals surface area contributed by atoms with Crippen molar-refractivity contribution in [3.63, 3.8) is 0 Å². The molecule has 0 saturated carbocycles. The zero-order valence-corrected chi connectivity index (χ0v) is 21.6. The molecule has 1 fully saturated rings. The van der Waals surface area contributed by atoms with Crippen LogP contribution < -0.4 is 14.2 Å². The molecule has 1 saturated heterocycles. The topological polar surface area (TPSA) is 48.0 Å². The molecule has 0 spiro atoms. The largest absolute Gasteiger partial charge is 0.493 e. The van der Waals surface area contributed by atoms with Crippen molar-refractivity contribution < 1.29 is 19.0 Å². The summed E-state index contributed by atoms with van der Waals surface area (Å²) in [7, 11) is 1.59. The Kier molecular flexibility index (Phi) is 8.10. The molecule has 0 radical (unpaired) electrons. The molecule has 5 nitrogen and oxygen atoms in total. The molecule has 1 amide bonds. The van der Waals surface area contributed by atoms with Crippen molar-refractivity contribution in [3.8, 4) is 17.2 Å². The summed E-state index contributed by atoms with van der Waals surface area (Å²) in [6.45, 7) is 5.34. The number of benzene rings is 3. The summed E-state index contributed by atoms with van der Waals surface area (Å²) in [6, 6.07) is 21.5. The smallest absolute Gasteiger partial charge is 0.266 e. The maximum absolute atomic E-state index is 13.0. The van der Waals surface area contributed by atoms with E-state index in [-0.39, 0.29) is 5.91 Å². The Labute approximate surface area is 215 Å². The third kappa shape index (κ3) is 6.24. The average molecular weight is 506 g/mol. The zero-order valence-electron chi connectivity index (χ0n) is 19.9. The predicted molar refractivity (Wildman–Crippen MR) is 145 cm³/mol. The molecular weight excluding hydrogens is 478 g/mol. The fourth-order valence-corrected chi connectivity index (χ4v) is 4.97. The van der Waals surface area contributed by atoms with Crippen molar-refractivity contribution in [1.29, 1.82) is 0 Å². The Morgan fingerprint density at radius 3 is 2.34 bits per heavy atom. The van der Waals surface area contributed by atoms with Crippen LogP contribution in [0.2, 0.25) is 0 Å². The van der Waals surface area contributed by atoms with Crippen LogP contribution in [0.1, 0.15) is 22.3 Å². The van der Waals surface area contributed by atoms with E-state index in [1.165, 1.54) is 17.3 Å². The Bertz CT molecular complexity index is 1260. The van der Waals surface area contributed by atoms with Gasteiger partial charge in [-0.15, -0.1) is 0 Å². The van der Waals surface area contributed by atoms with Crippen molar-refractivity contribution in [1.82, 2.24) is 4.90 Å². The van der Waals surface area contributed by atoms with Gasteiger partial charge in [0.15, 0.2) is 11.5 Å². The first kappa shape index (κ1) is 24.8. The summed E-state index contributed by atoms with van der Waals surface area (Å²) in [5, 5.41) is 0. The summed E-state index contributed by atoms with van der Waals surface area (Å²) >= 11 is 6.77. The number of hydrogen-bond donors (Lipinski definition) is 0. The molecule has 3 aromatic rings. The van der Waals surface area contributed by atoms with E-state index < -0.39 is 0 Å². The highest BCUT2D eigenvalue weighted by atomic mass is 32.2. The first-order chi connectivity index (χ1) is 16.9. The molecule has 0 bridgehead atoms. The minimum atomic E-state index is -0.0910. The molecule has 1 heterocycles. The number of hydrogen-bond acceptors (Lipinski definition) is 6. The fourth-order valence-electron chi connectivity index (χ4n) is 3.71. The number of methoxy groups -OCH3 is 1. The molecule has 0 atom stereocenters. The Morgan fingerprint density at radius 1 is 0.914 bits per heavy atom. The highest BCUT2D eigenvalue weighted by Gasteiger charge is 2.32. The van der Waals surface area contributed by atoms with Crippen molar-refractivity contribution >= 4 is 40.3 Å². The van der Waals surface area contributed by atoms with Crippen LogP contribution >= 0.6 is 24.0 Å². The maximum Gasteiger partial charge on any atom is 0.266 e. The molecule has 3 aromatic carbocycles. The van der Waals surface area contributed by atoms with Crippen LogP contribution in [0.3, 0.4) is 0 Å². The van der Waals surface area contributed by atoms with E-state index in [1.807, 2.05) is 73.7 Å². The lowest BCUT2D eigenvalue weighted by molar-refractivity contribution is -0.122. The second-order valence-electron chi connectivity index (χ2n) is 8.13. The normalized spacial score (nSPS) is 14.5. The van der Waals surface area contributed by atoms with E-state index in [4.69, 9.17) is 26.4 Å². The lowest BCUT2D eigenvalue weighted by Crippen LogP contribution is -2.27. The molecule has 35 heavy (non-hydrogen) atoms. The highest BCUT2D eigenvalue weighted by molar-refractivity contribution is 8.26. The molecule has 0 aromatic heterocycles. The van der Waals surface area contributed by atoms with E-state index >= 15 is 0 Å². The monoisotopic (exact) mass is 505 g/mol. The molecule has 7 heteroatoms. The number of nitrogens with zero attached hydrogens (tertiary/aromatic N) is 1. The Balaban J connectivity index is 1.38. The first-order valence-electron chi connectivity index (χ1n) is 11.2. The van der Waals surface area contributed by atoms with Gasteiger partial charge in [-0.25, -0.2) is 0 Å². The summed E-state index contributed by atoms with van der Waals surface area (Å²) in [5.74, 6) is 1.97. The second-order valence-corrected chi connectivity index (χ2v) is 9.81. The predicted octanol–water partition coefficient (Wildman–Crippen LogP) is 6.17. The van der Waals surface area contributed by atoms with Crippen LogP contribution in [0.4, 0.5) is 0 Å². The molecule has 0 unspecified atom stereocenters. The number of amides is 1. The Morgan fingerprint density at radius 2 is 1.63 bits per heavy atom. The number of rotatable bonds is 9. The van der Waals surface area contributed by atoms with Crippen LogP contribution in [0.25, 0.3) is 6.08 Å². The van der Waals surface area contributed by atoms with Gasteiger partial charge in [0.2, 0.25) is 0 Å². The maximum atomic E-state index is 13.0. The van der Waals surface area contributed by atoms with Gasteiger partial charge in [0.25, 0.3) is 5.91 Å². The highest BCUT2D eigenvalue weighted by Crippen LogP contribution is 2.35. The van der Waals surface area contributed by atoms with Crippen molar-refractivity contribution in [2.75, 3.05) is 20.3 Å². The molecular formula is C28H27NO4S2. The van der Waals surface area contributed by atoms with Crippen molar-refractivity contribution in [3.05, 3.63) is 93.9 Å². The van der Waals surface area contributed by atoms with Gasteiger partial charge < -0.3 is 14.2 Å². The van der Waals surface area contributed by atoms with E-state index in [0.29, 0.717) is 40.5 Å².